The van der Waals surface area contributed by atoms with E-state index >= 15 is 0 Å². The Bertz CT molecular complexity index is 948. The number of thiazole rings is 1. The predicted molar refractivity (Wildman–Crippen MR) is 81.7 cm³/mol. The van der Waals surface area contributed by atoms with Gasteiger partial charge >= 0.3 is 0 Å². The third-order valence-electron chi connectivity index (χ3n) is 2.89. The van der Waals surface area contributed by atoms with Crippen molar-refractivity contribution in [1.82, 2.24) is 9.97 Å². The van der Waals surface area contributed by atoms with Crippen molar-refractivity contribution in [2.45, 2.75) is 0 Å². The highest BCUT2D eigenvalue weighted by Crippen LogP contribution is 2.38. The molecule has 0 bridgehead atoms. The predicted octanol–water partition coefficient (Wildman–Crippen LogP) is 3.34. The zero-order valence-electron chi connectivity index (χ0n) is 10.5. The molecule has 0 aliphatic carbocycles. The maximum atomic E-state index is 9.28. The van der Waals surface area contributed by atoms with E-state index in [9.17, 15) is 5.26 Å². The lowest BCUT2D eigenvalue weighted by atomic mass is 10.1. The molecule has 21 heavy (non-hydrogen) atoms. The van der Waals surface area contributed by atoms with Gasteiger partial charge in [0.1, 0.15) is 10.8 Å². The van der Waals surface area contributed by atoms with Gasteiger partial charge in [0, 0.05) is 11.8 Å². The molecule has 3 rings (SSSR count). The van der Waals surface area contributed by atoms with E-state index < -0.39 is 0 Å². The van der Waals surface area contributed by atoms with Crippen molar-refractivity contribution in [1.29, 1.82) is 10.5 Å². The van der Waals surface area contributed by atoms with Gasteiger partial charge in [-0.05, 0) is 18.2 Å². The van der Waals surface area contributed by atoms with Gasteiger partial charge in [-0.25, -0.2) is 9.97 Å². The normalized spacial score (nSPS) is 10.2. The van der Waals surface area contributed by atoms with E-state index in [-0.39, 0.29) is 0 Å². The third kappa shape index (κ3) is 2.17. The molecule has 3 aromatic rings. The van der Waals surface area contributed by atoms with E-state index in [0.717, 1.165) is 4.70 Å². The summed E-state index contributed by atoms with van der Waals surface area (Å²) >= 11 is 7.53. The van der Waals surface area contributed by atoms with Gasteiger partial charge in [0.15, 0.2) is 0 Å². The molecule has 5 nitrogen and oxygen atoms in total. The Morgan fingerprint density at radius 2 is 2.05 bits per heavy atom. The monoisotopic (exact) mass is 311 g/mol. The van der Waals surface area contributed by atoms with Crippen molar-refractivity contribution >= 4 is 39.0 Å². The summed E-state index contributed by atoms with van der Waals surface area (Å²) in [5.41, 5.74) is 7.68. The number of fused-ring (bicyclic) bond motifs is 1. The third-order valence-corrected chi connectivity index (χ3v) is 4.29. The maximum absolute atomic E-state index is 9.28. The van der Waals surface area contributed by atoms with Crippen LogP contribution in [0.4, 0.5) is 5.82 Å². The van der Waals surface area contributed by atoms with Crippen LogP contribution in [0.25, 0.3) is 20.8 Å². The number of nitrogens with zero attached hydrogens (tertiary/aromatic N) is 4. The number of nitriles is 2. The molecule has 7 heteroatoms. The molecule has 0 amide bonds. The number of hydrogen-bond acceptors (Lipinski definition) is 6. The molecule has 0 aliphatic rings. The fourth-order valence-corrected chi connectivity index (χ4v) is 3.36. The van der Waals surface area contributed by atoms with Crippen LogP contribution in [-0.2, 0) is 0 Å². The zero-order chi connectivity index (χ0) is 15.0. The quantitative estimate of drug-likeness (QED) is 0.743. The van der Waals surface area contributed by atoms with E-state index in [2.05, 4.69) is 16.0 Å². The first kappa shape index (κ1) is 13.3. The minimum absolute atomic E-state index is 0.310. The Morgan fingerprint density at radius 3 is 2.71 bits per heavy atom. The summed E-state index contributed by atoms with van der Waals surface area (Å²) in [6.07, 6.45) is 1.58. The van der Waals surface area contributed by atoms with Crippen molar-refractivity contribution in [2.24, 2.45) is 0 Å². The standard InChI is InChI=1S/C14H6ClN5S/c15-9-4-7(5-16)3-8(6-17)11(9)14-20-10-1-2-19-13(18)12(10)21-14/h1-4H,(H2,18,19). The number of nitrogens with two attached hydrogens (primary N) is 1. The van der Waals surface area contributed by atoms with Crippen molar-refractivity contribution < 1.29 is 0 Å². The molecule has 0 saturated heterocycles. The number of anilines is 1. The van der Waals surface area contributed by atoms with Gasteiger partial charge in [0.2, 0.25) is 0 Å². The van der Waals surface area contributed by atoms with Gasteiger partial charge in [-0.2, -0.15) is 10.5 Å². The number of halogens is 1. The van der Waals surface area contributed by atoms with Crippen LogP contribution in [0.15, 0.2) is 24.4 Å². The van der Waals surface area contributed by atoms with Crippen molar-refractivity contribution in [3.8, 4) is 22.7 Å². The van der Waals surface area contributed by atoms with E-state index in [4.69, 9.17) is 22.6 Å². The molecule has 0 radical (unpaired) electrons. The molecule has 0 spiro atoms. The minimum atomic E-state index is 0.310. The lowest BCUT2D eigenvalue weighted by Crippen LogP contribution is -1.88. The van der Waals surface area contributed by atoms with Crippen LogP contribution in [-0.4, -0.2) is 9.97 Å². The van der Waals surface area contributed by atoms with Crippen LogP contribution in [0.1, 0.15) is 11.1 Å². The Kier molecular flexibility index (Phi) is 3.19. The molecule has 100 valence electrons. The number of hydrogen-bond donors (Lipinski definition) is 1. The van der Waals surface area contributed by atoms with Gasteiger partial charge in [-0.1, -0.05) is 11.6 Å². The first-order valence-corrected chi connectivity index (χ1v) is 6.98. The number of pyridine rings is 1. The van der Waals surface area contributed by atoms with Crippen LogP contribution >= 0.6 is 22.9 Å². The van der Waals surface area contributed by atoms with Crippen molar-refractivity contribution in [3.05, 3.63) is 40.5 Å². The molecule has 0 aliphatic heterocycles. The summed E-state index contributed by atoms with van der Waals surface area (Å²) in [4.78, 5) is 8.46. The highest BCUT2D eigenvalue weighted by Gasteiger charge is 2.17. The molecule has 2 aromatic heterocycles. The fraction of sp³-hybridized carbons (Fsp3) is 0. The number of aromatic nitrogens is 2. The van der Waals surface area contributed by atoms with Gasteiger partial charge < -0.3 is 5.73 Å². The number of benzene rings is 1. The largest absolute Gasteiger partial charge is 0.382 e. The summed E-state index contributed by atoms with van der Waals surface area (Å²) in [6.45, 7) is 0. The topological polar surface area (TPSA) is 99.4 Å². The van der Waals surface area contributed by atoms with Crippen LogP contribution in [0.3, 0.4) is 0 Å². The van der Waals surface area contributed by atoms with Gasteiger partial charge in [0.25, 0.3) is 0 Å². The smallest absolute Gasteiger partial charge is 0.143 e. The lowest BCUT2D eigenvalue weighted by Gasteiger charge is -2.03. The molecule has 0 saturated carbocycles. The first-order valence-electron chi connectivity index (χ1n) is 5.79. The Morgan fingerprint density at radius 1 is 1.24 bits per heavy atom. The SMILES string of the molecule is N#Cc1cc(Cl)c(-c2nc3ccnc(N)c3s2)c(C#N)c1. The molecule has 0 atom stereocenters. The Labute approximate surface area is 128 Å². The summed E-state index contributed by atoms with van der Waals surface area (Å²) in [5, 5.41) is 19.1. The van der Waals surface area contributed by atoms with Crippen LogP contribution in [0, 0.1) is 22.7 Å². The second-order valence-electron chi connectivity index (χ2n) is 4.17. The fourth-order valence-electron chi connectivity index (χ4n) is 1.96. The van der Waals surface area contributed by atoms with Crippen LogP contribution in [0.2, 0.25) is 5.02 Å². The number of rotatable bonds is 1. The highest BCUT2D eigenvalue weighted by atomic mass is 35.5. The first-order chi connectivity index (χ1) is 10.1. The summed E-state index contributed by atoms with van der Waals surface area (Å²) in [6, 6.07) is 8.79. The van der Waals surface area contributed by atoms with Gasteiger partial charge in [-0.15, -0.1) is 11.3 Å². The summed E-state index contributed by atoms with van der Waals surface area (Å²) < 4.78 is 0.747. The Hall–Kier alpha value is -2.67. The second-order valence-corrected chi connectivity index (χ2v) is 5.57. The van der Waals surface area contributed by atoms with Crippen molar-refractivity contribution in [3.63, 3.8) is 0 Å². The molecule has 0 unspecified atom stereocenters. The highest BCUT2D eigenvalue weighted by molar-refractivity contribution is 7.22. The number of nitrogen functional groups attached to an aromatic ring is 1. The van der Waals surface area contributed by atoms with Gasteiger partial charge in [-0.3, -0.25) is 0 Å². The molecular weight excluding hydrogens is 306 g/mol. The zero-order valence-corrected chi connectivity index (χ0v) is 12.0. The van der Waals surface area contributed by atoms with E-state index in [1.807, 2.05) is 6.07 Å². The lowest BCUT2D eigenvalue weighted by molar-refractivity contribution is 1.36. The second kappa shape index (κ2) is 5.02. The van der Waals surface area contributed by atoms with Gasteiger partial charge in [0.05, 0.1) is 38.5 Å². The Balaban J connectivity index is 2.31. The van der Waals surface area contributed by atoms with Crippen molar-refractivity contribution in [2.75, 3.05) is 5.73 Å². The average molecular weight is 312 g/mol. The maximum Gasteiger partial charge on any atom is 0.143 e. The average Bonchev–Trinajstić information content (AvgIpc) is 2.91. The molecule has 2 heterocycles. The summed E-state index contributed by atoms with van der Waals surface area (Å²) in [5.74, 6) is 0.388. The summed E-state index contributed by atoms with van der Waals surface area (Å²) in [7, 11) is 0. The van der Waals surface area contributed by atoms with E-state index in [0.29, 0.717) is 38.1 Å². The van der Waals surface area contributed by atoms with Crippen LogP contribution in [0.5, 0.6) is 0 Å². The minimum Gasteiger partial charge on any atom is -0.382 e. The van der Waals surface area contributed by atoms with E-state index in [1.54, 1.807) is 12.3 Å². The molecule has 0 fully saturated rings. The van der Waals surface area contributed by atoms with E-state index in [1.165, 1.54) is 23.5 Å². The molecule has 2 N–H and O–H groups in total. The molecule has 1 aromatic carbocycles. The van der Waals surface area contributed by atoms with Crippen LogP contribution < -0.4 is 5.73 Å². The molecular formula is C14H6ClN5S.